The van der Waals surface area contributed by atoms with Gasteiger partial charge in [0.05, 0.1) is 21.6 Å². The highest BCUT2D eigenvalue weighted by Crippen LogP contribution is 2.42. The predicted molar refractivity (Wildman–Crippen MR) is 110 cm³/mol. The largest absolute Gasteiger partial charge is 0.488 e. The number of ether oxygens (including phenoxy) is 1. The van der Waals surface area contributed by atoms with Crippen LogP contribution in [0.15, 0.2) is 54.6 Å². The third-order valence-electron chi connectivity index (χ3n) is 4.59. The van der Waals surface area contributed by atoms with Crippen molar-refractivity contribution in [2.45, 2.75) is 13.2 Å². The first-order valence-corrected chi connectivity index (χ1v) is 10.3. The van der Waals surface area contributed by atoms with Crippen LogP contribution in [0.25, 0.3) is 20.7 Å². The molecule has 2 aromatic heterocycles. The first-order valence-electron chi connectivity index (χ1n) is 8.64. The molecule has 0 saturated heterocycles. The number of thiazole rings is 1. The molecular weight excluding hydrogens is 376 g/mol. The summed E-state index contributed by atoms with van der Waals surface area (Å²) in [5.74, 6) is 0.903. The first kappa shape index (κ1) is 16.5. The Hall–Kier alpha value is -2.70. The minimum Gasteiger partial charge on any atom is -0.488 e. The fourth-order valence-electron chi connectivity index (χ4n) is 3.26. The van der Waals surface area contributed by atoms with Crippen molar-refractivity contribution >= 4 is 38.8 Å². The topological polar surface area (TPSA) is 42.4 Å². The van der Waals surface area contributed by atoms with E-state index < -0.39 is 0 Å². The van der Waals surface area contributed by atoms with Crippen LogP contribution < -0.4 is 4.74 Å². The molecule has 27 heavy (non-hydrogen) atoms. The van der Waals surface area contributed by atoms with E-state index in [0.29, 0.717) is 13.2 Å². The highest BCUT2D eigenvalue weighted by molar-refractivity contribution is 7.18. The number of amides is 1. The van der Waals surface area contributed by atoms with E-state index in [2.05, 4.69) is 11.1 Å². The third kappa shape index (κ3) is 2.91. The number of carbonyl (C=O) groups is 1. The summed E-state index contributed by atoms with van der Waals surface area (Å²) in [4.78, 5) is 21.2. The Morgan fingerprint density at radius 3 is 2.85 bits per heavy atom. The van der Waals surface area contributed by atoms with E-state index in [9.17, 15) is 4.79 Å². The number of carbonyl (C=O) groups excluding carboxylic acids is 1. The Kier molecular flexibility index (Phi) is 3.95. The molecule has 0 aliphatic carbocycles. The zero-order valence-corrected chi connectivity index (χ0v) is 16.3. The average Bonchev–Trinajstić information content (AvgIpc) is 3.30. The van der Waals surface area contributed by atoms with Gasteiger partial charge in [-0.3, -0.25) is 4.79 Å². The van der Waals surface area contributed by atoms with Crippen LogP contribution >= 0.6 is 22.7 Å². The zero-order chi connectivity index (χ0) is 18.4. The Morgan fingerprint density at radius 2 is 1.96 bits per heavy atom. The van der Waals surface area contributed by atoms with Crippen molar-refractivity contribution in [3.63, 3.8) is 0 Å². The molecule has 0 radical (unpaired) electrons. The summed E-state index contributed by atoms with van der Waals surface area (Å²) < 4.78 is 6.95. The normalized spacial score (nSPS) is 12.3. The summed E-state index contributed by atoms with van der Waals surface area (Å²) in [5, 5.41) is 0.946. The van der Waals surface area contributed by atoms with Crippen molar-refractivity contribution in [1.29, 1.82) is 0 Å². The molecule has 1 aliphatic rings. The standard InChI is InChI=1S/C21H16N2O2S2/c1-23(11-19-22-15-7-3-5-9-17(15)26-19)21(24)18-10-13-12-25-16-8-4-2-6-14(16)20(13)27-18/h2-10H,11-12H2,1H3. The molecular formula is C21H16N2O2S2. The SMILES string of the molecule is CN(Cc1nc2ccccc2s1)C(=O)c1cc2c(s1)-c1ccccc1OC2. The van der Waals surface area contributed by atoms with Gasteiger partial charge in [0.2, 0.25) is 0 Å². The summed E-state index contributed by atoms with van der Waals surface area (Å²) in [7, 11) is 1.83. The number of fused-ring (bicyclic) bond motifs is 4. The van der Waals surface area contributed by atoms with Gasteiger partial charge in [0.1, 0.15) is 17.4 Å². The second-order valence-corrected chi connectivity index (χ2v) is 8.65. The van der Waals surface area contributed by atoms with Gasteiger partial charge < -0.3 is 9.64 Å². The van der Waals surface area contributed by atoms with Crippen LogP contribution in [0.1, 0.15) is 20.2 Å². The molecule has 5 rings (SSSR count). The van der Waals surface area contributed by atoms with Gasteiger partial charge in [-0.25, -0.2) is 4.98 Å². The molecule has 0 saturated carbocycles. The van der Waals surface area contributed by atoms with E-state index in [4.69, 9.17) is 4.74 Å². The fraction of sp³-hybridized carbons (Fsp3) is 0.143. The Labute approximate surface area is 164 Å². The molecule has 0 fully saturated rings. The van der Waals surface area contributed by atoms with Gasteiger partial charge in [0, 0.05) is 23.1 Å². The molecule has 2 aromatic carbocycles. The molecule has 0 spiro atoms. The van der Waals surface area contributed by atoms with Gasteiger partial charge in [-0.15, -0.1) is 22.7 Å². The van der Waals surface area contributed by atoms with E-state index >= 15 is 0 Å². The van der Waals surface area contributed by atoms with Crippen molar-refractivity contribution in [3.8, 4) is 16.2 Å². The van der Waals surface area contributed by atoms with Crippen molar-refractivity contribution in [3.05, 3.63) is 70.0 Å². The van der Waals surface area contributed by atoms with Crippen molar-refractivity contribution < 1.29 is 9.53 Å². The van der Waals surface area contributed by atoms with Gasteiger partial charge in [-0.05, 0) is 30.3 Å². The number of para-hydroxylation sites is 2. The lowest BCUT2D eigenvalue weighted by Gasteiger charge is -2.16. The molecule has 3 heterocycles. The van der Waals surface area contributed by atoms with Crippen LogP contribution in [-0.4, -0.2) is 22.8 Å². The monoisotopic (exact) mass is 392 g/mol. The number of hydrogen-bond donors (Lipinski definition) is 0. The van der Waals surface area contributed by atoms with Gasteiger partial charge in [0.15, 0.2) is 0 Å². The Bertz CT molecular complexity index is 1130. The summed E-state index contributed by atoms with van der Waals surface area (Å²) in [6, 6.07) is 18.0. The number of nitrogens with zero attached hydrogens (tertiary/aromatic N) is 2. The summed E-state index contributed by atoms with van der Waals surface area (Å²) in [6.45, 7) is 1.02. The summed E-state index contributed by atoms with van der Waals surface area (Å²) >= 11 is 3.18. The molecule has 0 atom stereocenters. The molecule has 6 heteroatoms. The molecule has 1 aliphatic heterocycles. The highest BCUT2D eigenvalue weighted by Gasteiger charge is 2.24. The second-order valence-electron chi connectivity index (χ2n) is 6.49. The smallest absolute Gasteiger partial charge is 0.264 e. The van der Waals surface area contributed by atoms with Gasteiger partial charge in [-0.1, -0.05) is 24.3 Å². The predicted octanol–water partition coefficient (Wildman–Crippen LogP) is 5.19. The average molecular weight is 393 g/mol. The lowest BCUT2D eigenvalue weighted by atomic mass is 10.1. The fourth-order valence-corrected chi connectivity index (χ4v) is 5.47. The minimum atomic E-state index is 0.0196. The lowest BCUT2D eigenvalue weighted by molar-refractivity contribution is 0.0789. The van der Waals surface area contributed by atoms with Crippen LogP contribution in [0, 0.1) is 0 Å². The number of rotatable bonds is 3. The van der Waals surface area contributed by atoms with E-state index in [1.54, 1.807) is 27.6 Å². The lowest BCUT2D eigenvalue weighted by Crippen LogP contribution is -2.25. The zero-order valence-electron chi connectivity index (χ0n) is 14.6. The maximum absolute atomic E-state index is 13.0. The maximum atomic E-state index is 13.0. The minimum absolute atomic E-state index is 0.0196. The van der Waals surface area contributed by atoms with Crippen LogP contribution in [0.2, 0.25) is 0 Å². The van der Waals surface area contributed by atoms with E-state index in [0.717, 1.165) is 41.9 Å². The van der Waals surface area contributed by atoms with Crippen molar-refractivity contribution in [1.82, 2.24) is 9.88 Å². The van der Waals surface area contributed by atoms with Gasteiger partial charge in [-0.2, -0.15) is 0 Å². The Morgan fingerprint density at radius 1 is 1.15 bits per heavy atom. The molecule has 0 N–H and O–H groups in total. The Balaban J connectivity index is 1.40. The number of thiophene rings is 1. The number of benzene rings is 2. The highest BCUT2D eigenvalue weighted by atomic mass is 32.1. The van der Waals surface area contributed by atoms with Crippen LogP contribution in [0.5, 0.6) is 5.75 Å². The van der Waals surface area contributed by atoms with E-state index in [1.807, 2.05) is 55.6 Å². The molecule has 0 unspecified atom stereocenters. The second kappa shape index (κ2) is 6.48. The van der Waals surface area contributed by atoms with E-state index in [-0.39, 0.29) is 5.91 Å². The molecule has 134 valence electrons. The molecule has 4 nitrogen and oxygen atoms in total. The number of hydrogen-bond acceptors (Lipinski definition) is 5. The maximum Gasteiger partial charge on any atom is 0.264 e. The van der Waals surface area contributed by atoms with Gasteiger partial charge in [0.25, 0.3) is 5.91 Å². The molecule has 0 bridgehead atoms. The third-order valence-corrected chi connectivity index (χ3v) is 6.81. The first-order chi connectivity index (χ1) is 13.2. The quantitative estimate of drug-likeness (QED) is 0.482. The molecule has 4 aromatic rings. The molecule has 1 amide bonds. The van der Waals surface area contributed by atoms with Crippen LogP contribution in [0.3, 0.4) is 0 Å². The van der Waals surface area contributed by atoms with E-state index in [1.165, 1.54) is 0 Å². The van der Waals surface area contributed by atoms with Crippen molar-refractivity contribution in [2.75, 3.05) is 7.05 Å². The summed E-state index contributed by atoms with van der Waals surface area (Å²) in [6.07, 6.45) is 0. The van der Waals surface area contributed by atoms with Crippen molar-refractivity contribution in [2.24, 2.45) is 0 Å². The summed E-state index contributed by atoms with van der Waals surface area (Å²) in [5.41, 5.74) is 3.13. The number of aromatic nitrogens is 1. The van der Waals surface area contributed by atoms with Crippen LogP contribution in [0.4, 0.5) is 0 Å². The van der Waals surface area contributed by atoms with Gasteiger partial charge >= 0.3 is 0 Å². The van der Waals surface area contributed by atoms with Crippen LogP contribution in [-0.2, 0) is 13.2 Å².